The highest BCUT2D eigenvalue weighted by Crippen LogP contribution is 2.39. The number of halogens is 1. The minimum absolute atomic E-state index is 0.101. The Morgan fingerprint density at radius 2 is 1.27 bits per heavy atom. The molecular formula is C36H52ClN5O8S. The van der Waals surface area contributed by atoms with E-state index in [1.54, 1.807) is 11.3 Å². The second kappa shape index (κ2) is 23.1. The monoisotopic (exact) mass is 749 g/mol. The van der Waals surface area contributed by atoms with Crippen molar-refractivity contribution in [1.82, 2.24) is 14.8 Å². The number of hydrogen-bond acceptors (Lipinski definition) is 13. The molecule has 15 heteroatoms. The zero-order valence-electron chi connectivity index (χ0n) is 30.0. The Morgan fingerprint density at radius 3 is 1.80 bits per heavy atom. The Balaban J connectivity index is 1.06. The van der Waals surface area contributed by atoms with Crippen LogP contribution in [-0.4, -0.2) is 125 Å². The van der Waals surface area contributed by atoms with Crippen LogP contribution in [0.1, 0.15) is 58.5 Å². The first kappa shape index (κ1) is 41.1. The lowest BCUT2D eigenvalue weighted by molar-refractivity contribution is -0.119. The van der Waals surface area contributed by atoms with Crippen LogP contribution in [0.3, 0.4) is 0 Å². The number of ether oxygens (including phenoxy) is 7. The molecule has 1 aliphatic rings. The largest absolute Gasteiger partial charge is 0.379 e. The number of ketones is 1. The maximum absolute atomic E-state index is 13.2. The number of hydrogen-bond donors (Lipinski definition) is 1. The highest BCUT2D eigenvalue weighted by atomic mass is 35.5. The van der Waals surface area contributed by atoms with Crippen LogP contribution in [0.4, 0.5) is 0 Å². The molecular weight excluding hydrogens is 698 g/mol. The number of thiophene rings is 1. The van der Waals surface area contributed by atoms with Gasteiger partial charge in [-0.05, 0) is 44.9 Å². The van der Waals surface area contributed by atoms with Crippen molar-refractivity contribution >= 4 is 34.4 Å². The van der Waals surface area contributed by atoms with E-state index in [2.05, 4.69) is 28.6 Å². The van der Waals surface area contributed by atoms with Crippen LogP contribution in [0.25, 0.3) is 5.00 Å². The number of nitrogens with zero attached hydrogens (tertiary/aromatic N) is 4. The van der Waals surface area contributed by atoms with Gasteiger partial charge in [0.25, 0.3) is 0 Å². The third-order valence-corrected chi connectivity index (χ3v) is 9.46. The number of benzene rings is 1. The summed E-state index contributed by atoms with van der Waals surface area (Å²) in [6.07, 6.45) is 1.23. The molecule has 0 bridgehead atoms. The molecule has 282 valence electrons. The van der Waals surface area contributed by atoms with E-state index in [0.717, 1.165) is 33.2 Å². The molecule has 1 atom stereocenters. The number of nitrogens with two attached hydrogens (primary N) is 1. The van der Waals surface area contributed by atoms with Gasteiger partial charge in [0, 0.05) is 47.0 Å². The topological polar surface area (TPSA) is 151 Å². The van der Waals surface area contributed by atoms with Crippen molar-refractivity contribution in [1.29, 1.82) is 0 Å². The van der Waals surface area contributed by atoms with Crippen molar-refractivity contribution in [2.75, 3.05) is 99.0 Å². The summed E-state index contributed by atoms with van der Waals surface area (Å²) in [7, 11) is 0. The Kier molecular flexibility index (Phi) is 18.6. The van der Waals surface area contributed by atoms with Crippen molar-refractivity contribution in [2.24, 2.45) is 10.7 Å². The molecule has 51 heavy (non-hydrogen) atoms. The summed E-state index contributed by atoms with van der Waals surface area (Å²) >= 11 is 7.90. The molecule has 3 heterocycles. The lowest BCUT2D eigenvalue weighted by Gasteiger charge is -2.12. The van der Waals surface area contributed by atoms with E-state index < -0.39 is 6.04 Å². The third-order valence-electron chi connectivity index (χ3n) is 8.02. The van der Waals surface area contributed by atoms with Gasteiger partial charge in [-0.3, -0.25) is 14.4 Å². The summed E-state index contributed by atoms with van der Waals surface area (Å²) in [5, 5.41) is 10.6. The Morgan fingerprint density at radius 1 is 0.765 bits per heavy atom. The maximum atomic E-state index is 13.2. The molecule has 2 N–H and O–H groups in total. The number of rotatable bonds is 27. The summed E-state index contributed by atoms with van der Waals surface area (Å²) in [6, 6.07) is 7.21. The zero-order valence-corrected chi connectivity index (χ0v) is 31.6. The van der Waals surface area contributed by atoms with Crippen LogP contribution in [0, 0.1) is 20.8 Å². The first-order chi connectivity index (χ1) is 24.9. The normalized spacial score (nSPS) is 14.0. The molecule has 13 nitrogen and oxygen atoms in total. The van der Waals surface area contributed by atoms with Gasteiger partial charge in [-0.15, -0.1) is 21.5 Å². The summed E-state index contributed by atoms with van der Waals surface area (Å²) in [6.45, 7) is 13.6. The SMILES string of the molecule is Cc1sc2c(c1C)C(c1ccc(Cl)cc1)=N[C@@H](CC(=O)CCCOCCOCCOCCOCCOCCOCCOCCN)c1nnc(C)n1-2. The molecule has 1 aromatic carbocycles. The lowest BCUT2D eigenvalue weighted by atomic mass is 9.99. The molecule has 0 fully saturated rings. The Bertz CT molecular complexity index is 1500. The maximum Gasteiger partial charge on any atom is 0.163 e. The number of Topliss-reactive ketones (excluding diaryl/α,β-unsaturated/α-hetero) is 1. The van der Waals surface area contributed by atoms with Gasteiger partial charge < -0.3 is 38.9 Å². The van der Waals surface area contributed by atoms with E-state index in [4.69, 9.17) is 55.5 Å². The fourth-order valence-electron chi connectivity index (χ4n) is 5.33. The van der Waals surface area contributed by atoms with Gasteiger partial charge >= 0.3 is 0 Å². The smallest absolute Gasteiger partial charge is 0.163 e. The predicted molar refractivity (Wildman–Crippen MR) is 197 cm³/mol. The van der Waals surface area contributed by atoms with Crippen molar-refractivity contribution in [3.63, 3.8) is 0 Å². The van der Waals surface area contributed by atoms with Crippen LogP contribution in [0.2, 0.25) is 5.02 Å². The summed E-state index contributed by atoms with van der Waals surface area (Å²) in [5.41, 5.74) is 9.34. The first-order valence-corrected chi connectivity index (χ1v) is 18.7. The predicted octanol–water partition coefficient (Wildman–Crippen LogP) is 4.61. The fraction of sp³-hybridized carbons (Fsp3) is 0.611. The van der Waals surface area contributed by atoms with Crippen LogP contribution in [0.15, 0.2) is 29.3 Å². The number of aryl methyl sites for hydroxylation is 2. The highest BCUT2D eigenvalue weighted by molar-refractivity contribution is 7.15. The van der Waals surface area contributed by atoms with Gasteiger partial charge in [-0.2, -0.15) is 0 Å². The van der Waals surface area contributed by atoms with E-state index in [-0.39, 0.29) is 12.2 Å². The first-order valence-electron chi connectivity index (χ1n) is 17.5. The van der Waals surface area contributed by atoms with Crippen molar-refractivity contribution < 1.29 is 38.0 Å². The number of carbonyl (C=O) groups is 1. The van der Waals surface area contributed by atoms with E-state index >= 15 is 0 Å². The molecule has 0 saturated heterocycles. The molecule has 0 saturated carbocycles. The summed E-state index contributed by atoms with van der Waals surface area (Å²) < 4.78 is 40.4. The van der Waals surface area contributed by atoms with Crippen LogP contribution < -0.4 is 5.73 Å². The minimum atomic E-state index is -0.463. The Hall–Kier alpha value is -2.63. The molecule has 0 amide bonds. The Labute approximate surface area is 309 Å². The fourth-order valence-corrected chi connectivity index (χ4v) is 6.67. The second-order valence-corrected chi connectivity index (χ2v) is 13.5. The average molecular weight is 750 g/mol. The van der Waals surface area contributed by atoms with Crippen molar-refractivity contribution in [3.8, 4) is 5.00 Å². The van der Waals surface area contributed by atoms with Gasteiger partial charge in [0.1, 0.15) is 22.7 Å². The van der Waals surface area contributed by atoms with E-state index in [0.29, 0.717) is 123 Å². The van der Waals surface area contributed by atoms with Gasteiger partial charge in [0.2, 0.25) is 0 Å². The lowest BCUT2D eigenvalue weighted by Crippen LogP contribution is -2.15. The molecule has 0 unspecified atom stereocenters. The molecule has 0 aliphatic carbocycles. The van der Waals surface area contributed by atoms with Gasteiger partial charge in [-0.1, -0.05) is 23.7 Å². The van der Waals surface area contributed by atoms with Gasteiger partial charge in [0.15, 0.2) is 5.82 Å². The standard InChI is InChI=1S/C36H52ClN5O8S/c1-26-27(2)51-36-33(26)34(29-6-8-30(37)9-7-29)39-32(35-41-40-28(3)42(35)36)25-31(43)5-4-11-44-13-15-46-17-19-48-21-23-50-24-22-49-20-18-47-16-14-45-12-10-38/h6-9,32H,4-5,10-25,38H2,1-3H3/t32-/m0/s1. The van der Waals surface area contributed by atoms with E-state index in [1.165, 1.54) is 4.88 Å². The van der Waals surface area contributed by atoms with E-state index in [1.807, 2.05) is 31.2 Å². The summed E-state index contributed by atoms with van der Waals surface area (Å²) in [4.78, 5) is 19.6. The van der Waals surface area contributed by atoms with Crippen LogP contribution in [-0.2, 0) is 38.0 Å². The summed E-state index contributed by atoms with van der Waals surface area (Å²) in [5.74, 6) is 1.55. The molecule has 3 aromatic rings. The van der Waals surface area contributed by atoms with Crippen molar-refractivity contribution in [3.05, 3.63) is 62.5 Å². The number of carbonyl (C=O) groups excluding carboxylic acids is 1. The molecule has 4 rings (SSSR count). The molecule has 0 radical (unpaired) electrons. The van der Waals surface area contributed by atoms with E-state index in [9.17, 15) is 4.79 Å². The quantitative estimate of drug-likeness (QED) is 0.109. The van der Waals surface area contributed by atoms with Gasteiger partial charge in [0.05, 0.1) is 91.6 Å². The zero-order chi connectivity index (χ0) is 36.3. The third kappa shape index (κ3) is 13.4. The minimum Gasteiger partial charge on any atom is -0.379 e. The second-order valence-electron chi connectivity index (χ2n) is 11.8. The number of aliphatic imine (C=N–C) groups is 1. The van der Waals surface area contributed by atoms with Crippen LogP contribution >= 0.6 is 22.9 Å². The van der Waals surface area contributed by atoms with Gasteiger partial charge in [-0.25, -0.2) is 0 Å². The number of aromatic nitrogens is 3. The molecule has 2 aromatic heterocycles. The number of fused-ring (bicyclic) bond motifs is 3. The van der Waals surface area contributed by atoms with Crippen molar-refractivity contribution in [2.45, 2.75) is 46.1 Å². The molecule has 0 spiro atoms. The van der Waals surface area contributed by atoms with Crippen LogP contribution in [0.5, 0.6) is 0 Å². The molecule has 1 aliphatic heterocycles. The average Bonchev–Trinajstić information content (AvgIpc) is 3.60. The highest BCUT2D eigenvalue weighted by Gasteiger charge is 2.32.